The Labute approximate surface area is 148 Å². The average Bonchev–Trinajstić information content (AvgIpc) is 2.51. The molecule has 1 N–H and O–H groups in total. The molecule has 1 aromatic heterocycles. The van der Waals surface area contributed by atoms with Crippen LogP contribution in [0.15, 0.2) is 18.3 Å². The molecule has 2 heterocycles. The highest BCUT2D eigenvalue weighted by atomic mass is 19.1. The first kappa shape index (κ1) is 19.4. The van der Waals surface area contributed by atoms with Crippen LogP contribution in [0.1, 0.15) is 50.4 Å². The van der Waals surface area contributed by atoms with Crippen molar-refractivity contribution in [2.45, 2.75) is 51.8 Å². The Morgan fingerprint density at radius 1 is 1.44 bits per heavy atom. The van der Waals surface area contributed by atoms with Crippen molar-refractivity contribution < 1.29 is 19.0 Å². The van der Waals surface area contributed by atoms with E-state index >= 15 is 4.39 Å². The van der Waals surface area contributed by atoms with Gasteiger partial charge in [0.2, 0.25) is 0 Å². The van der Waals surface area contributed by atoms with Crippen LogP contribution in [0, 0.1) is 6.92 Å². The Morgan fingerprint density at radius 2 is 2.08 bits per heavy atom. The molecule has 1 aromatic rings. The molecular formula is C19H27FN2O3. The molecule has 0 aromatic carbocycles. The monoisotopic (exact) mass is 350 g/mol. The number of carbonyl (C=O) groups is 1. The molecule has 25 heavy (non-hydrogen) atoms. The number of piperidine rings is 1. The van der Waals surface area contributed by atoms with E-state index < -0.39 is 17.4 Å². The zero-order valence-corrected chi connectivity index (χ0v) is 15.4. The molecule has 0 spiro atoms. The lowest BCUT2D eigenvalue weighted by molar-refractivity contribution is 0.00113. The summed E-state index contributed by atoms with van der Waals surface area (Å²) >= 11 is 0. The Bertz CT molecular complexity index is 645. The van der Waals surface area contributed by atoms with Crippen LogP contribution < -0.4 is 0 Å². The molecule has 5 nitrogen and oxygen atoms in total. The minimum Gasteiger partial charge on any atom is -0.444 e. The molecule has 0 aliphatic carbocycles. The second-order valence-corrected chi connectivity index (χ2v) is 7.45. The van der Waals surface area contributed by atoms with Crippen molar-refractivity contribution >= 4 is 12.2 Å². The van der Waals surface area contributed by atoms with Gasteiger partial charge in [-0.05, 0) is 44.9 Å². The number of aliphatic hydroxyl groups is 1. The van der Waals surface area contributed by atoms with Gasteiger partial charge in [-0.1, -0.05) is 12.2 Å². The molecule has 0 unspecified atom stereocenters. The number of carbonyl (C=O) groups excluding carboxylic acids is 1. The topological polar surface area (TPSA) is 62.7 Å². The summed E-state index contributed by atoms with van der Waals surface area (Å²) in [5.41, 5.74) is -0.0740. The molecular weight excluding hydrogens is 323 g/mol. The first-order chi connectivity index (χ1) is 11.6. The van der Waals surface area contributed by atoms with Crippen molar-refractivity contribution in [2.24, 2.45) is 0 Å². The normalized spacial score (nSPS) is 17.8. The number of nitrogens with zero attached hydrogens (tertiary/aromatic N) is 2. The molecule has 1 fully saturated rings. The molecule has 6 heteroatoms. The van der Waals surface area contributed by atoms with Crippen LogP contribution in [0.25, 0.3) is 6.08 Å². The minimum atomic E-state index is -1.54. The maximum absolute atomic E-state index is 15.4. The van der Waals surface area contributed by atoms with Gasteiger partial charge < -0.3 is 14.7 Å². The third kappa shape index (κ3) is 5.01. The van der Waals surface area contributed by atoms with Gasteiger partial charge in [-0.2, -0.15) is 0 Å². The molecule has 1 amide bonds. The Kier molecular flexibility index (Phi) is 5.83. The number of alkyl halides is 1. The third-order valence-electron chi connectivity index (χ3n) is 4.15. The molecule has 1 aliphatic heterocycles. The molecule has 0 radical (unpaired) electrons. The third-order valence-corrected chi connectivity index (χ3v) is 4.15. The van der Waals surface area contributed by atoms with Crippen molar-refractivity contribution in [1.29, 1.82) is 0 Å². The number of pyridine rings is 1. The first-order valence-electron chi connectivity index (χ1n) is 8.56. The average molecular weight is 350 g/mol. The maximum Gasteiger partial charge on any atom is 0.410 e. The SMILES string of the molecule is Cc1cc(C=CCO)cnc1C1(F)CCN(C(=O)OC(C)(C)C)CC1. The Hall–Kier alpha value is -1.95. The summed E-state index contributed by atoms with van der Waals surface area (Å²) in [6.07, 6.45) is 4.97. The maximum atomic E-state index is 15.4. The summed E-state index contributed by atoms with van der Waals surface area (Å²) in [5, 5.41) is 8.83. The van der Waals surface area contributed by atoms with Gasteiger partial charge in [-0.15, -0.1) is 0 Å². The second-order valence-electron chi connectivity index (χ2n) is 7.45. The second kappa shape index (κ2) is 7.52. The summed E-state index contributed by atoms with van der Waals surface area (Å²) in [7, 11) is 0. The van der Waals surface area contributed by atoms with Gasteiger partial charge in [0.05, 0.1) is 12.3 Å². The van der Waals surface area contributed by atoms with Crippen molar-refractivity contribution in [3.05, 3.63) is 35.2 Å². The molecule has 1 aliphatic rings. The summed E-state index contributed by atoms with van der Waals surface area (Å²) in [6.45, 7) is 7.84. The number of hydrogen-bond acceptors (Lipinski definition) is 4. The van der Waals surface area contributed by atoms with Gasteiger partial charge in [0.1, 0.15) is 5.60 Å². The van der Waals surface area contributed by atoms with Crippen LogP contribution in [0.2, 0.25) is 0 Å². The number of amides is 1. The van der Waals surface area contributed by atoms with Crippen LogP contribution in [0.5, 0.6) is 0 Å². The summed E-state index contributed by atoms with van der Waals surface area (Å²) < 4.78 is 20.8. The van der Waals surface area contributed by atoms with E-state index in [0.717, 1.165) is 11.1 Å². The largest absolute Gasteiger partial charge is 0.444 e. The quantitative estimate of drug-likeness (QED) is 0.905. The van der Waals surface area contributed by atoms with Crippen LogP contribution in [0.3, 0.4) is 0 Å². The van der Waals surface area contributed by atoms with E-state index in [1.54, 1.807) is 23.2 Å². The van der Waals surface area contributed by atoms with Crippen LogP contribution in [-0.4, -0.2) is 46.4 Å². The lowest BCUT2D eigenvalue weighted by Crippen LogP contribution is -2.45. The number of aromatic nitrogens is 1. The standard InChI is InChI=1S/C19H27FN2O3/c1-14-12-15(6-5-11-23)13-21-16(14)19(20)7-9-22(10-8-19)17(24)25-18(2,3)4/h5-6,12-13,23H,7-11H2,1-4H3. The van der Waals surface area contributed by atoms with Gasteiger partial charge >= 0.3 is 6.09 Å². The summed E-state index contributed by atoms with van der Waals surface area (Å²) in [4.78, 5) is 18.0. The van der Waals surface area contributed by atoms with Crippen molar-refractivity contribution in [1.82, 2.24) is 9.88 Å². The first-order valence-corrected chi connectivity index (χ1v) is 8.56. The fourth-order valence-corrected chi connectivity index (χ4v) is 2.95. The highest BCUT2D eigenvalue weighted by Crippen LogP contribution is 2.38. The molecule has 0 atom stereocenters. The lowest BCUT2D eigenvalue weighted by Gasteiger charge is -2.37. The van der Waals surface area contributed by atoms with Crippen molar-refractivity contribution in [3.8, 4) is 0 Å². The Balaban J connectivity index is 2.07. The summed E-state index contributed by atoms with van der Waals surface area (Å²) in [5.74, 6) is 0. The number of hydrogen-bond donors (Lipinski definition) is 1. The predicted octanol–water partition coefficient (Wildman–Crippen LogP) is 3.59. The smallest absolute Gasteiger partial charge is 0.410 e. The van der Waals surface area contributed by atoms with E-state index in [-0.39, 0.29) is 19.4 Å². The fraction of sp³-hybridized carbons (Fsp3) is 0.579. The van der Waals surface area contributed by atoms with Gasteiger partial charge in [0.25, 0.3) is 0 Å². The van der Waals surface area contributed by atoms with Crippen LogP contribution in [-0.2, 0) is 10.4 Å². The molecule has 138 valence electrons. The van der Waals surface area contributed by atoms with Gasteiger partial charge in [0.15, 0.2) is 5.67 Å². The van der Waals surface area contributed by atoms with E-state index in [4.69, 9.17) is 9.84 Å². The number of aryl methyl sites for hydroxylation is 1. The van der Waals surface area contributed by atoms with E-state index in [0.29, 0.717) is 18.8 Å². The van der Waals surface area contributed by atoms with Crippen LogP contribution in [0.4, 0.5) is 9.18 Å². The Morgan fingerprint density at radius 3 is 2.60 bits per heavy atom. The fourth-order valence-electron chi connectivity index (χ4n) is 2.95. The number of aliphatic hydroxyl groups excluding tert-OH is 1. The highest BCUT2D eigenvalue weighted by molar-refractivity contribution is 5.68. The highest BCUT2D eigenvalue weighted by Gasteiger charge is 2.40. The molecule has 0 saturated carbocycles. The number of halogens is 1. The van der Waals surface area contributed by atoms with Gasteiger partial charge in [-0.25, -0.2) is 9.18 Å². The van der Waals surface area contributed by atoms with E-state index in [1.165, 1.54) is 0 Å². The van der Waals surface area contributed by atoms with Gasteiger partial charge in [-0.3, -0.25) is 4.98 Å². The van der Waals surface area contributed by atoms with E-state index in [1.807, 2.05) is 33.8 Å². The van der Waals surface area contributed by atoms with Crippen molar-refractivity contribution in [3.63, 3.8) is 0 Å². The lowest BCUT2D eigenvalue weighted by atomic mass is 9.87. The molecule has 2 rings (SSSR count). The summed E-state index contributed by atoms with van der Waals surface area (Å²) in [6, 6.07) is 1.86. The zero-order chi connectivity index (χ0) is 18.7. The van der Waals surface area contributed by atoms with E-state index in [9.17, 15) is 4.79 Å². The number of rotatable bonds is 3. The number of likely N-dealkylation sites (tertiary alicyclic amines) is 1. The molecule has 0 bridgehead atoms. The van der Waals surface area contributed by atoms with Crippen LogP contribution >= 0.6 is 0 Å². The van der Waals surface area contributed by atoms with E-state index in [2.05, 4.69) is 4.98 Å². The molecule has 1 saturated heterocycles. The predicted molar refractivity (Wildman–Crippen MR) is 94.9 cm³/mol. The minimum absolute atomic E-state index is 0.0473. The van der Waals surface area contributed by atoms with Crippen molar-refractivity contribution in [2.75, 3.05) is 19.7 Å². The van der Waals surface area contributed by atoms with Gasteiger partial charge in [0, 0.05) is 32.1 Å². The number of ether oxygens (including phenoxy) is 1. The zero-order valence-electron chi connectivity index (χ0n) is 15.4.